The van der Waals surface area contributed by atoms with Crippen LogP contribution < -0.4 is 10.2 Å². The number of anilines is 1. The molecular weight excluding hydrogens is 450 g/mol. The molecule has 7 nitrogen and oxygen atoms in total. The zero-order valence-corrected chi connectivity index (χ0v) is 21.6. The maximum Gasteiger partial charge on any atom is 0.243 e. The predicted molar refractivity (Wildman–Crippen MR) is 133 cm³/mol. The molecule has 34 heavy (non-hydrogen) atoms. The minimum Gasteiger partial charge on any atom is -0.352 e. The number of sulfonamides is 1. The Kier molecular flexibility index (Phi) is 7.38. The summed E-state index contributed by atoms with van der Waals surface area (Å²) in [6.45, 7) is 6.70. The molecule has 1 saturated heterocycles. The fourth-order valence-corrected chi connectivity index (χ4v) is 7.29. The predicted octanol–water partition coefficient (Wildman–Crippen LogP) is 3.96. The molecule has 1 aromatic rings. The third kappa shape index (κ3) is 5.03. The van der Waals surface area contributed by atoms with Crippen molar-refractivity contribution in [3.63, 3.8) is 0 Å². The first kappa shape index (κ1) is 25.2. The van der Waals surface area contributed by atoms with Crippen LogP contribution in [0.5, 0.6) is 0 Å². The van der Waals surface area contributed by atoms with Crippen LogP contribution >= 0.6 is 0 Å². The molecule has 2 fully saturated rings. The van der Waals surface area contributed by atoms with Crippen LogP contribution in [0.3, 0.4) is 0 Å². The van der Waals surface area contributed by atoms with Crippen LogP contribution in [0.15, 0.2) is 23.1 Å². The summed E-state index contributed by atoms with van der Waals surface area (Å²) in [5.74, 6) is 0.0147. The zero-order chi connectivity index (χ0) is 24.5. The Morgan fingerprint density at radius 3 is 2.41 bits per heavy atom. The second kappa shape index (κ2) is 9.97. The number of hydrogen-bond donors (Lipinski definition) is 1. The quantitative estimate of drug-likeness (QED) is 0.678. The van der Waals surface area contributed by atoms with Crippen molar-refractivity contribution in [1.82, 2.24) is 9.62 Å². The largest absolute Gasteiger partial charge is 0.352 e. The van der Waals surface area contributed by atoms with Gasteiger partial charge in [0.15, 0.2) is 0 Å². The van der Waals surface area contributed by atoms with Gasteiger partial charge in [0.1, 0.15) is 6.54 Å². The Labute approximate surface area is 204 Å². The van der Waals surface area contributed by atoms with Crippen LogP contribution in [0.2, 0.25) is 0 Å². The molecular formula is C26H39N3O4S. The van der Waals surface area contributed by atoms with E-state index in [9.17, 15) is 18.0 Å². The normalized spacial score (nSPS) is 24.4. The van der Waals surface area contributed by atoms with E-state index in [0.29, 0.717) is 30.3 Å². The Bertz CT molecular complexity index is 1030. The maximum absolute atomic E-state index is 13.3. The molecule has 1 unspecified atom stereocenters. The molecule has 2 heterocycles. The number of nitrogens with one attached hydrogen (secondary N) is 1. The van der Waals surface area contributed by atoms with Crippen molar-refractivity contribution in [2.45, 2.75) is 94.9 Å². The molecule has 1 atom stereocenters. The van der Waals surface area contributed by atoms with E-state index in [-0.39, 0.29) is 29.3 Å². The van der Waals surface area contributed by atoms with Crippen molar-refractivity contribution >= 4 is 27.5 Å². The van der Waals surface area contributed by atoms with Crippen molar-refractivity contribution in [1.29, 1.82) is 0 Å². The second-order valence-corrected chi connectivity index (χ2v) is 12.9. The highest BCUT2D eigenvalue weighted by Crippen LogP contribution is 2.43. The lowest BCUT2D eigenvalue weighted by molar-refractivity contribution is -0.126. The van der Waals surface area contributed by atoms with Crippen LogP contribution in [-0.2, 0) is 25.0 Å². The molecule has 8 heteroatoms. The van der Waals surface area contributed by atoms with Crippen molar-refractivity contribution < 1.29 is 18.0 Å². The first-order valence-electron chi connectivity index (χ1n) is 12.9. The molecule has 1 aliphatic carbocycles. The van der Waals surface area contributed by atoms with E-state index in [1.165, 1.54) is 24.2 Å². The van der Waals surface area contributed by atoms with Crippen molar-refractivity contribution in [2.75, 3.05) is 24.5 Å². The molecule has 1 aromatic carbocycles. The topological polar surface area (TPSA) is 86.8 Å². The number of rotatable bonds is 5. The van der Waals surface area contributed by atoms with E-state index in [1.54, 1.807) is 36.4 Å². The number of benzene rings is 1. The maximum atomic E-state index is 13.3. The molecule has 2 aliphatic heterocycles. The number of carbonyl (C=O) groups is 2. The van der Waals surface area contributed by atoms with Crippen LogP contribution in [0, 0.1) is 5.92 Å². The molecule has 0 radical (unpaired) electrons. The molecule has 0 spiro atoms. The van der Waals surface area contributed by atoms with E-state index in [4.69, 9.17) is 0 Å². The number of fused-ring (bicyclic) bond motifs is 1. The van der Waals surface area contributed by atoms with Gasteiger partial charge in [-0.15, -0.1) is 0 Å². The van der Waals surface area contributed by atoms with E-state index < -0.39 is 15.4 Å². The third-order valence-electron chi connectivity index (χ3n) is 7.74. The standard InChI is InChI=1S/C26H39N3O4S/c1-19-10-9-15-28(17-19)34(32,33)21-13-14-23-22(16-21)26(2,3)25(31)29(23)18-24(30)27-20-11-7-5-4-6-8-12-20/h13-14,16,19-20H,4-12,15,17-18H2,1-3H3,(H,27,30). The van der Waals surface area contributed by atoms with Gasteiger partial charge in [0.25, 0.3) is 0 Å². The van der Waals surface area contributed by atoms with Gasteiger partial charge in [-0.3, -0.25) is 9.59 Å². The smallest absolute Gasteiger partial charge is 0.243 e. The van der Waals surface area contributed by atoms with Gasteiger partial charge < -0.3 is 10.2 Å². The van der Waals surface area contributed by atoms with Gasteiger partial charge in [0.2, 0.25) is 21.8 Å². The van der Waals surface area contributed by atoms with E-state index in [2.05, 4.69) is 12.2 Å². The van der Waals surface area contributed by atoms with Crippen LogP contribution in [0.25, 0.3) is 0 Å². The fourth-order valence-electron chi connectivity index (χ4n) is 5.66. The summed E-state index contributed by atoms with van der Waals surface area (Å²) < 4.78 is 28.2. The third-order valence-corrected chi connectivity index (χ3v) is 9.60. The van der Waals surface area contributed by atoms with Crippen LogP contribution in [0.4, 0.5) is 5.69 Å². The van der Waals surface area contributed by atoms with E-state index in [0.717, 1.165) is 38.5 Å². The number of nitrogens with zero attached hydrogens (tertiary/aromatic N) is 2. The average molecular weight is 490 g/mol. The second-order valence-electron chi connectivity index (χ2n) is 10.9. The van der Waals surface area contributed by atoms with E-state index in [1.807, 2.05) is 0 Å². The fraction of sp³-hybridized carbons (Fsp3) is 0.692. The van der Waals surface area contributed by atoms with Gasteiger partial charge in [-0.2, -0.15) is 4.31 Å². The highest BCUT2D eigenvalue weighted by Gasteiger charge is 2.45. The van der Waals surface area contributed by atoms with Gasteiger partial charge in [-0.1, -0.05) is 39.0 Å². The van der Waals surface area contributed by atoms with Crippen molar-refractivity contribution in [3.8, 4) is 0 Å². The molecule has 2 amide bonds. The number of hydrogen-bond acceptors (Lipinski definition) is 4. The Hall–Kier alpha value is -1.93. The Morgan fingerprint density at radius 2 is 1.74 bits per heavy atom. The lowest BCUT2D eigenvalue weighted by Crippen LogP contribution is -2.45. The summed E-state index contributed by atoms with van der Waals surface area (Å²) in [6, 6.07) is 5.10. The first-order chi connectivity index (χ1) is 16.1. The summed E-state index contributed by atoms with van der Waals surface area (Å²) in [7, 11) is -3.63. The molecule has 3 aliphatic rings. The lowest BCUT2D eigenvalue weighted by Gasteiger charge is -2.30. The number of piperidine rings is 1. The Morgan fingerprint density at radius 1 is 1.06 bits per heavy atom. The van der Waals surface area contributed by atoms with Crippen molar-refractivity contribution in [3.05, 3.63) is 23.8 Å². The minimum absolute atomic E-state index is 0.0402. The SMILES string of the molecule is CC1CCCN(S(=O)(=O)c2ccc3c(c2)C(C)(C)C(=O)N3CC(=O)NC2CCCCCCC2)C1. The minimum atomic E-state index is -3.63. The summed E-state index contributed by atoms with van der Waals surface area (Å²) in [5, 5.41) is 3.14. The molecule has 0 aromatic heterocycles. The van der Waals surface area contributed by atoms with Gasteiger partial charge in [0, 0.05) is 24.8 Å². The molecule has 4 rings (SSSR count). The number of amides is 2. The van der Waals surface area contributed by atoms with Gasteiger partial charge in [-0.05, 0) is 69.2 Å². The summed E-state index contributed by atoms with van der Waals surface area (Å²) in [4.78, 5) is 27.9. The van der Waals surface area contributed by atoms with Crippen molar-refractivity contribution in [2.24, 2.45) is 5.92 Å². The molecule has 188 valence electrons. The highest BCUT2D eigenvalue weighted by molar-refractivity contribution is 7.89. The summed E-state index contributed by atoms with van der Waals surface area (Å²) in [6.07, 6.45) is 9.79. The highest BCUT2D eigenvalue weighted by atomic mass is 32.2. The zero-order valence-electron chi connectivity index (χ0n) is 20.8. The molecule has 1 N–H and O–H groups in total. The van der Waals surface area contributed by atoms with Crippen LogP contribution in [-0.4, -0.2) is 50.2 Å². The summed E-state index contributed by atoms with van der Waals surface area (Å²) in [5.41, 5.74) is 0.410. The lowest BCUT2D eigenvalue weighted by atomic mass is 9.86. The van der Waals surface area contributed by atoms with E-state index >= 15 is 0 Å². The molecule has 1 saturated carbocycles. The monoisotopic (exact) mass is 489 g/mol. The van der Waals surface area contributed by atoms with Gasteiger partial charge in [0.05, 0.1) is 10.3 Å². The van der Waals surface area contributed by atoms with Gasteiger partial charge >= 0.3 is 0 Å². The first-order valence-corrected chi connectivity index (χ1v) is 14.3. The number of carbonyl (C=O) groups excluding carboxylic acids is 2. The summed E-state index contributed by atoms with van der Waals surface area (Å²) >= 11 is 0. The molecule has 0 bridgehead atoms. The van der Waals surface area contributed by atoms with Gasteiger partial charge in [-0.25, -0.2) is 8.42 Å². The average Bonchev–Trinajstić information content (AvgIpc) is 2.96. The Balaban J connectivity index is 1.53. The van der Waals surface area contributed by atoms with Crippen LogP contribution in [0.1, 0.15) is 84.1 Å².